The summed E-state index contributed by atoms with van der Waals surface area (Å²) in [5, 5.41) is 2.25. The molecule has 0 spiro atoms. The molecule has 0 saturated carbocycles. The molecule has 0 aliphatic carbocycles. The molecule has 2 aromatic rings. The average molecular weight is 491 g/mol. The van der Waals surface area contributed by atoms with Crippen LogP contribution in [0.3, 0.4) is 0 Å². The van der Waals surface area contributed by atoms with Crippen LogP contribution in [0.1, 0.15) is 59.9 Å². The van der Waals surface area contributed by atoms with Gasteiger partial charge in [0.05, 0.1) is 17.8 Å². The third kappa shape index (κ3) is 4.74. The number of fused-ring (bicyclic) bond motifs is 1. The minimum atomic E-state index is -4.82. The fraction of sp³-hybridized carbons (Fsp3) is 0.476. The standard InChI is InChI=1S/C21H23F6N5O2/c1-9-8-31(16(33)6-12(28)4-11-5-14(23)15(24)7-13(11)22)10(2)18-17(19(34)29-3)30-20(32(9)18)21(25,26)27/h5,7,9-10,12H,4,6,8,28H2,1-3H3,(H,29,34)/t9?,10?,12-/m1/s1. The summed E-state index contributed by atoms with van der Waals surface area (Å²) < 4.78 is 82.1. The largest absolute Gasteiger partial charge is 0.449 e. The normalized spacial score (nSPS) is 19.1. The van der Waals surface area contributed by atoms with E-state index in [2.05, 4.69) is 10.3 Å². The molecule has 34 heavy (non-hydrogen) atoms. The fourth-order valence-corrected chi connectivity index (χ4v) is 4.18. The van der Waals surface area contributed by atoms with E-state index in [1.54, 1.807) is 0 Å². The van der Waals surface area contributed by atoms with Gasteiger partial charge in [-0.3, -0.25) is 9.59 Å². The number of aromatic nitrogens is 2. The zero-order valence-corrected chi connectivity index (χ0v) is 18.5. The molecule has 3 rings (SSSR count). The van der Waals surface area contributed by atoms with Gasteiger partial charge in [-0.15, -0.1) is 0 Å². The molecule has 2 heterocycles. The van der Waals surface area contributed by atoms with Gasteiger partial charge in [0.25, 0.3) is 5.91 Å². The van der Waals surface area contributed by atoms with E-state index in [0.717, 1.165) is 4.57 Å². The van der Waals surface area contributed by atoms with Crippen LogP contribution in [0.15, 0.2) is 12.1 Å². The maximum atomic E-state index is 13.9. The van der Waals surface area contributed by atoms with Crippen LogP contribution in [0, 0.1) is 17.5 Å². The Balaban J connectivity index is 1.87. The molecule has 0 radical (unpaired) electrons. The third-order valence-corrected chi connectivity index (χ3v) is 5.74. The number of alkyl halides is 3. The van der Waals surface area contributed by atoms with Crippen molar-refractivity contribution in [1.29, 1.82) is 0 Å². The van der Waals surface area contributed by atoms with Gasteiger partial charge in [0.2, 0.25) is 11.7 Å². The first kappa shape index (κ1) is 25.5. The Labute approximate surface area is 190 Å². The zero-order valence-electron chi connectivity index (χ0n) is 18.5. The number of nitrogens with zero attached hydrogens (tertiary/aromatic N) is 3. The summed E-state index contributed by atoms with van der Waals surface area (Å²) in [6.07, 6.45) is -5.44. The first-order valence-corrected chi connectivity index (χ1v) is 10.4. The van der Waals surface area contributed by atoms with Crippen LogP contribution in [0.2, 0.25) is 0 Å². The topological polar surface area (TPSA) is 93.2 Å². The Hall–Kier alpha value is -3.09. The lowest BCUT2D eigenvalue weighted by Gasteiger charge is -2.39. The molecular weight excluding hydrogens is 468 g/mol. The number of carbonyl (C=O) groups is 2. The first-order valence-electron chi connectivity index (χ1n) is 10.4. The van der Waals surface area contributed by atoms with Crippen LogP contribution >= 0.6 is 0 Å². The molecule has 1 aliphatic rings. The molecule has 13 heteroatoms. The van der Waals surface area contributed by atoms with Crippen molar-refractivity contribution in [2.24, 2.45) is 5.73 Å². The number of hydrogen-bond acceptors (Lipinski definition) is 4. The van der Waals surface area contributed by atoms with Crippen molar-refractivity contribution in [3.05, 3.63) is 52.4 Å². The lowest BCUT2D eigenvalue weighted by atomic mass is 10.00. The van der Waals surface area contributed by atoms with Gasteiger partial charge < -0.3 is 20.5 Å². The summed E-state index contributed by atoms with van der Waals surface area (Å²) in [4.78, 5) is 30.0. The smallest absolute Gasteiger partial charge is 0.354 e. The molecular formula is C21H23F6N5O2. The predicted octanol–water partition coefficient (Wildman–Crippen LogP) is 3.10. The molecule has 2 amide bonds. The van der Waals surface area contributed by atoms with Crippen molar-refractivity contribution < 1.29 is 35.9 Å². The predicted molar refractivity (Wildman–Crippen MR) is 108 cm³/mol. The van der Waals surface area contributed by atoms with Crippen molar-refractivity contribution in [2.45, 2.75) is 51.0 Å². The van der Waals surface area contributed by atoms with Gasteiger partial charge in [-0.25, -0.2) is 18.2 Å². The van der Waals surface area contributed by atoms with E-state index in [4.69, 9.17) is 5.73 Å². The average Bonchev–Trinajstić information content (AvgIpc) is 3.16. The quantitative estimate of drug-likeness (QED) is 0.497. The molecule has 3 N–H and O–H groups in total. The van der Waals surface area contributed by atoms with Gasteiger partial charge in [0, 0.05) is 32.1 Å². The summed E-state index contributed by atoms with van der Waals surface area (Å²) >= 11 is 0. The summed E-state index contributed by atoms with van der Waals surface area (Å²) in [5.74, 6) is -6.26. The van der Waals surface area contributed by atoms with Crippen molar-refractivity contribution in [2.75, 3.05) is 13.6 Å². The van der Waals surface area contributed by atoms with Crippen LogP contribution in [0.25, 0.3) is 0 Å². The van der Waals surface area contributed by atoms with Crippen molar-refractivity contribution in [3.63, 3.8) is 0 Å². The molecule has 186 valence electrons. The highest BCUT2D eigenvalue weighted by atomic mass is 19.4. The van der Waals surface area contributed by atoms with E-state index < -0.39 is 65.1 Å². The van der Waals surface area contributed by atoms with Crippen LogP contribution < -0.4 is 11.1 Å². The minimum absolute atomic E-state index is 0.0704. The molecule has 0 bridgehead atoms. The van der Waals surface area contributed by atoms with Crippen LogP contribution in [0.5, 0.6) is 0 Å². The highest BCUT2D eigenvalue weighted by Gasteiger charge is 2.45. The number of amides is 2. The number of rotatable bonds is 5. The number of carbonyl (C=O) groups excluding carboxylic acids is 2. The van der Waals surface area contributed by atoms with Gasteiger partial charge in [-0.1, -0.05) is 0 Å². The van der Waals surface area contributed by atoms with Crippen LogP contribution in [0.4, 0.5) is 26.3 Å². The first-order chi connectivity index (χ1) is 15.8. The minimum Gasteiger partial charge on any atom is -0.354 e. The second-order valence-corrected chi connectivity index (χ2v) is 8.21. The van der Waals surface area contributed by atoms with E-state index in [9.17, 15) is 35.9 Å². The van der Waals surface area contributed by atoms with Gasteiger partial charge in [-0.2, -0.15) is 13.2 Å². The van der Waals surface area contributed by atoms with E-state index in [-0.39, 0.29) is 30.6 Å². The number of nitrogens with one attached hydrogen (secondary N) is 1. The second kappa shape index (κ2) is 9.28. The summed E-state index contributed by atoms with van der Waals surface area (Å²) in [6, 6.07) is -1.75. The molecule has 1 aliphatic heterocycles. The third-order valence-electron chi connectivity index (χ3n) is 5.74. The number of benzene rings is 1. The Morgan fingerprint density at radius 2 is 1.79 bits per heavy atom. The van der Waals surface area contributed by atoms with Gasteiger partial charge >= 0.3 is 6.18 Å². The van der Waals surface area contributed by atoms with Crippen LogP contribution in [-0.4, -0.2) is 45.9 Å². The summed E-state index contributed by atoms with van der Waals surface area (Å²) in [6.45, 7) is 2.80. The monoisotopic (exact) mass is 491 g/mol. The Kier molecular flexibility index (Phi) is 6.97. The lowest BCUT2D eigenvalue weighted by Crippen LogP contribution is -2.46. The van der Waals surface area contributed by atoms with Gasteiger partial charge in [-0.05, 0) is 31.9 Å². The molecule has 1 aromatic carbocycles. The van der Waals surface area contributed by atoms with E-state index in [0.29, 0.717) is 12.1 Å². The lowest BCUT2D eigenvalue weighted by molar-refractivity contribution is -0.149. The number of hydrogen-bond donors (Lipinski definition) is 2. The Bertz CT molecular complexity index is 1120. The molecule has 0 saturated heterocycles. The highest BCUT2D eigenvalue weighted by molar-refractivity contribution is 5.94. The molecule has 3 atom stereocenters. The van der Waals surface area contributed by atoms with E-state index in [1.165, 1.54) is 25.8 Å². The molecule has 0 fully saturated rings. The van der Waals surface area contributed by atoms with Crippen LogP contribution in [-0.2, 0) is 17.4 Å². The maximum Gasteiger partial charge on any atom is 0.449 e. The zero-order chi connectivity index (χ0) is 25.5. The van der Waals surface area contributed by atoms with Gasteiger partial charge in [0.15, 0.2) is 17.3 Å². The molecule has 7 nitrogen and oxygen atoms in total. The van der Waals surface area contributed by atoms with E-state index in [1.807, 2.05) is 0 Å². The SMILES string of the molecule is CNC(=O)c1nc(C(F)(F)F)n2c1C(C)N(C(=O)C[C@H](N)Cc1cc(F)c(F)cc1F)CC2C. The fourth-order valence-electron chi connectivity index (χ4n) is 4.18. The number of halogens is 6. The van der Waals surface area contributed by atoms with Gasteiger partial charge in [0.1, 0.15) is 5.82 Å². The van der Waals surface area contributed by atoms with Crippen molar-refractivity contribution in [3.8, 4) is 0 Å². The Morgan fingerprint density at radius 1 is 1.18 bits per heavy atom. The summed E-state index contributed by atoms with van der Waals surface area (Å²) in [5.41, 5.74) is 5.22. The number of imidazole rings is 1. The summed E-state index contributed by atoms with van der Waals surface area (Å²) in [7, 11) is 1.25. The second-order valence-electron chi connectivity index (χ2n) is 8.21. The number of nitrogens with two attached hydrogens (primary N) is 1. The maximum absolute atomic E-state index is 13.9. The van der Waals surface area contributed by atoms with Crippen molar-refractivity contribution in [1.82, 2.24) is 19.8 Å². The molecule has 1 aromatic heterocycles. The Morgan fingerprint density at radius 3 is 2.38 bits per heavy atom. The van der Waals surface area contributed by atoms with E-state index >= 15 is 0 Å². The molecule has 2 unspecified atom stereocenters. The highest BCUT2D eigenvalue weighted by Crippen LogP contribution is 2.40. The van der Waals surface area contributed by atoms with Crippen molar-refractivity contribution >= 4 is 11.8 Å².